The maximum absolute atomic E-state index is 13.7. The van der Waals surface area contributed by atoms with E-state index >= 15 is 0 Å². The Morgan fingerprint density at radius 3 is 2.20 bits per heavy atom. The molecule has 1 saturated carbocycles. The summed E-state index contributed by atoms with van der Waals surface area (Å²) in [5.74, 6) is 0.385. The molecule has 3 rings (SSSR count). The van der Waals surface area contributed by atoms with Gasteiger partial charge in [0.1, 0.15) is 5.82 Å². The standard InChI is InChI=1S/C25H36FNO2Si/c1-16(2)23-20(14-28)22(17-10-12-19(26)13-11-17)21(24(27-23)18-8-9-18)15-29-30(6,7)25(3,4)5/h10-13,16,18,28H,8-9,14-15H2,1-7H3. The zero-order valence-electron chi connectivity index (χ0n) is 19.5. The van der Waals surface area contributed by atoms with Crippen LogP contribution in [0.3, 0.4) is 0 Å². The van der Waals surface area contributed by atoms with Crippen molar-refractivity contribution < 1.29 is 13.9 Å². The van der Waals surface area contributed by atoms with E-state index in [4.69, 9.17) is 9.41 Å². The van der Waals surface area contributed by atoms with Gasteiger partial charge in [-0.15, -0.1) is 0 Å². The quantitative estimate of drug-likeness (QED) is 0.487. The molecule has 1 aromatic carbocycles. The first-order valence-electron chi connectivity index (χ1n) is 11.0. The minimum Gasteiger partial charge on any atom is -0.412 e. The molecule has 3 nitrogen and oxygen atoms in total. The molecule has 0 amide bonds. The average molecular weight is 430 g/mol. The van der Waals surface area contributed by atoms with Gasteiger partial charge >= 0.3 is 0 Å². The topological polar surface area (TPSA) is 42.4 Å². The van der Waals surface area contributed by atoms with Gasteiger partial charge in [0.25, 0.3) is 0 Å². The summed E-state index contributed by atoms with van der Waals surface area (Å²) >= 11 is 0. The number of pyridine rings is 1. The highest BCUT2D eigenvalue weighted by Gasteiger charge is 2.38. The zero-order chi connectivity index (χ0) is 22.3. The molecule has 2 aromatic rings. The van der Waals surface area contributed by atoms with Crippen LogP contribution < -0.4 is 0 Å². The fraction of sp³-hybridized carbons (Fsp3) is 0.560. The van der Waals surface area contributed by atoms with E-state index in [1.807, 2.05) is 0 Å². The van der Waals surface area contributed by atoms with E-state index in [1.54, 1.807) is 12.1 Å². The van der Waals surface area contributed by atoms with Crippen molar-refractivity contribution in [2.24, 2.45) is 0 Å². The highest BCUT2D eigenvalue weighted by molar-refractivity contribution is 6.74. The number of nitrogens with zero attached hydrogens (tertiary/aromatic N) is 1. The second-order valence-corrected chi connectivity index (χ2v) is 15.2. The maximum Gasteiger partial charge on any atom is 0.192 e. The smallest absolute Gasteiger partial charge is 0.192 e. The first-order valence-corrected chi connectivity index (χ1v) is 13.9. The monoisotopic (exact) mass is 429 g/mol. The number of aromatic nitrogens is 1. The van der Waals surface area contributed by atoms with E-state index < -0.39 is 8.32 Å². The summed E-state index contributed by atoms with van der Waals surface area (Å²) in [5, 5.41) is 10.4. The van der Waals surface area contributed by atoms with Crippen LogP contribution in [0, 0.1) is 5.82 Å². The van der Waals surface area contributed by atoms with Gasteiger partial charge in [-0.25, -0.2) is 4.39 Å². The molecule has 1 aliphatic rings. The van der Waals surface area contributed by atoms with E-state index in [0.717, 1.165) is 46.5 Å². The van der Waals surface area contributed by atoms with Crippen LogP contribution in [0.5, 0.6) is 0 Å². The Bertz CT molecular complexity index is 897. The number of hydrogen-bond acceptors (Lipinski definition) is 3. The molecular weight excluding hydrogens is 393 g/mol. The van der Waals surface area contributed by atoms with Crippen molar-refractivity contribution in [2.45, 2.75) is 90.6 Å². The molecule has 1 fully saturated rings. The molecule has 1 aliphatic carbocycles. The van der Waals surface area contributed by atoms with Crippen LogP contribution in [-0.4, -0.2) is 18.4 Å². The lowest BCUT2D eigenvalue weighted by molar-refractivity contribution is 0.270. The Balaban J connectivity index is 2.21. The number of rotatable bonds is 7. The molecule has 0 aliphatic heterocycles. The van der Waals surface area contributed by atoms with Gasteiger partial charge in [-0.3, -0.25) is 4.98 Å². The van der Waals surface area contributed by atoms with Gasteiger partial charge in [0.2, 0.25) is 0 Å². The van der Waals surface area contributed by atoms with Crippen molar-refractivity contribution in [2.75, 3.05) is 0 Å². The van der Waals surface area contributed by atoms with E-state index in [-0.39, 0.29) is 23.4 Å². The van der Waals surface area contributed by atoms with Gasteiger partial charge in [-0.05, 0) is 60.2 Å². The van der Waals surface area contributed by atoms with E-state index in [9.17, 15) is 9.50 Å². The maximum atomic E-state index is 13.7. The molecule has 1 aromatic heterocycles. The average Bonchev–Trinajstić information content (AvgIpc) is 3.50. The van der Waals surface area contributed by atoms with Crippen molar-refractivity contribution in [1.82, 2.24) is 4.98 Å². The van der Waals surface area contributed by atoms with Crippen LogP contribution >= 0.6 is 0 Å². The van der Waals surface area contributed by atoms with E-state index in [2.05, 4.69) is 47.7 Å². The summed E-state index contributed by atoms with van der Waals surface area (Å²) in [5.41, 5.74) is 5.86. The van der Waals surface area contributed by atoms with Crippen LogP contribution in [0.25, 0.3) is 11.1 Å². The summed E-state index contributed by atoms with van der Waals surface area (Å²) in [4.78, 5) is 5.07. The lowest BCUT2D eigenvalue weighted by Crippen LogP contribution is -2.40. The lowest BCUT2D eigenvalue weighted by Gasteiger charge is -2.36. The third kappa shape index (κ3) is 4.68. The molecule has 0 bridgehead atoms. The van der Waals surface area contributed by atoms with Crippen LogP contribution in [0.4, 0.5) is 4.39 Å². The minimum absolute atomic E-state index is 0.0920. The fourth-order valence-corrected chi connectivity index (χ4v) is 4.55. The molecule has 0 radical (unpaired) electrons. The van der Waals surface area contributed by atoms with Crippen LogP contribution in [0.2, 0.25) is 18.1 Å². The molecule has 1 heterocycles. The Morgan fingerprint density at radius 2 is 1.73 bits per heavy atom. The third-order valence-corrected chi connectivity index (χ3v) is 11.1. The van der Waals surface area contributed by atoms with Crippen LogP contribution in [-0.2, 0) is 17.6 Å². The second kappa shape index (κ2) is 8.52. The fourth-order valence-electron chi connectivity index (χ4n) is 3.62. The van der Waals surface area contributed by atoms with E-state index in [0.29, 0.717) is 12.5 Å². The first-order chi connectivity index (χ1) is 14.0. The summed E-state index contributed by atoms with van der Waals surface area (Å²) in [6.45, 7) is 15.8. The van der Waals surface area contributed by atoms with Crippen LogP contribution in [0.1, 0.15) is 81.8 Å². The number of halogens is 1. The SMILES string of the molecule is CC(C)c1nc(C2CC2)c(CO[Si](C)(C)C(C)(C)C)c(-c2ccc(F)cc2)c1CO. The Morgan fingerprint density at radius 1 is 1.13 bits per heavy atom. The molecule has 1 N–H and O–H groups in total. The molecule has 0 atom stereocenters. The van der Waals surface area contributed by atoms with Gasteiger partial charge < -0.3 is 9.53 Å². The largest absolute Gasteiger partial charge is 0.412 e. The first kappa shape index (κ1) is 23.1. The number of benzene rings is 1. The molecule has 0 saturated heterocycles. The van der Waals surface area contributed by atoms with E-state index in [1.165, 1.54) is 12.1 Å². The molecule has 0 spiro atoms. The Hall–Kier alpha value is -1.56. The van der Waals surface area contributed by atoms with Crippen molar-refractivity contribution in [1.29, 1.82) is 0 Å². The van der Waals surface area contributed by atoms with Crippen LogP contribution in [0.15, 0.2) is 24.3 Å². The predicted octanol–water partition coefficient (Wildman–Crippen LogP) is 6.90. The number of hydrogen-bond donors (Lipinski definition) is 1. The highest BCUT2D eigenvalue weighted by Crippen LogP contribution is 2.46. The van der Waals surface area contributed by atoms with Crippen molar-refractivity contribution in [3.8, 4) is 11.1 Å². The van der Waals surface area contributed by atoms with Gasteiger partial charge in [-0.2, -0.15) is 0 Å². The predicted molar refractivity (Wildman–Crippen MR) is 124 cm³/mol. The van der Waals surface area contributed by atoms with Gasteiger partial charge in [0.15, 0.2) is 8.32 Å². The third-order valence-electron chi connectivity index (χ3n) is 6.65. The number of aliphatic hydroxyl groups is 1. The zero-order valence-corrected chi connectivity index (χ0v) is 20.5. The molecule has 30 heavy (non-hydrogen) atoms. The van der Waals surface area contributed by atoms with Gasteiger partial charge in [0.05, 0.1) is 13.2 Å². The minimum atomic E-state index is -1.97. The number of aliphatic hydroxyl groups excluding tert-OH is 1. The summed E-state index contributed by atoms with van der Waals surface area (Å²) in [6.07, 6.45) is 2.28. The van der Waals surface area contributed by atoms with Gasteiger partial charge in [-0.1, -0.05) is 46.8 Å². The highest BCUT2D eigenvalue weighted by atomic mass is 28.4. The van der Waals surface area contributed by atoms with Crippen molar-refractivity contribution in [3.63, 3.8) is 0 Å². The normalized spacial score (nSPS) is 15.1. The summed E-state index contributed by atoms with van der Waals surface area (Å²) < 4.78 is 20.3. The van der Waals surface area contributed by atoms with Crippen molar-refractivity contribution in [3.05, 3.63) is 52.6 Å². The summed E-state index contributed by atoms with van der Waals surface area (Å²) in [6, 6.07) is 6.59. The molecular formula is C25H36FNO2Si. The van der Waals surface area contributed by atoms with Crippen molar-refractivity contribution >= 4 is 8.32 Å². The Kier molecular flexibility index (Phi) is 6.56. The second-order valence-electron chi connectivity index (χ2n) is 10.4. The van der Waals surface area contributed by atoms with Gasteiger partial charge in [0, 0.05) is 28.4 Å². The molecule has 164 valence electrons. The molecule has 5 heteroatoms. The summed E-state index contributed by atoms with van der Waals surface area (Å²) in [7, 11) is -1.97. The lowest BCUT2D eigenvalue weighted by atomic mass is 9.89. The molecule has 0 unspecified atom stereocenters. The Labute approximate surface area is 181 Å².